The number of hydrogen-bond donors (Lipinski definition) is 2. The molecule has 0 aliphatic heterocycles. The van der Waals surface area contributed by atoms with Crippen LogP contribution in [-0.2, 0) is 6.54 Å². The average Bonchev–Trinajstić information content (AvgIpc) is 2.96. The highest BCUT2D eigenvalue weighted by atomic mass is 79.9. The maximum absolute atomic E-state index is 11.2. The number of aliphatic hydroxyl groups excluding tert-OH is 1. The van der Waals surface area contributed by atoms with E-state index in [2.05, 4.69) is 92.0 Å². The summed E-state index contributed by atoms with van der Waals surface area (Å²) >= 11 is 7.25. The largest absolute Gasteiger partial charge is 0.390 e. The normalized spacial score (nSPS) is 33.5. The predicted molar refractivity (Wildman–Crippen MR) is 146 cm³/mol. The number of nitrogens with one attached hydrogen (secondary N) is 1. The Kier molecular flexibility index (Phi) is 6.02. The average molecular weight is 597 g/mol. The third-order valence-electron chi connectivity index (χ3n) is 8.52. The van der Waals surface area contributed by atoms with E-state index in [0.717, 1.165) is 14.9 Å². The lowest BCUT2D eigenvalue weighted by atomic mass is 9.43. The number of rotatable bonds is 5. The molecule has 1 aromatic heterocycles. The second-order valence-electron chi connectivity index (χ2n) is 11.9. The standard InChI is InChI=1S/C27H32Br2N2O.ClH/c1-25-9-17-10-26(2,14-25)16-27(11-17,15-25)30-12-20(32)13-31-23-5-3-18(28)7-21(23)22-8-19(29)4-6-24(22)31;/h3-8,17,20,30,32H,9-16H2,1-2H3;1H. The molecule has 0 amide bonds. The van der Waals surface area contributed by atoms with Crippen molar-refractivity contribution in [3.05, 3.63) is 45.3 Å². The van der Waals surface area contributed by atoms with Gasteiger partial charge in [0.2, 0.25) is 0 Å². The summed E-state index contributed by atoms with van der Waals surface area (Å²) in [6.45, 7) is 6.28. The number of halogens is 3. The van der Waals surface area contributed by atoms with Gasteiger partial charge < -0.3 is 15.0 Å². The van der Waals surface area contributed by atoms with Crippen LogP contribution in [0.15, 0.2) is 45.3 Å². The molecule has 0 saturated heterocycles. The van der Waals surface area contributed by atoms with Crippen molar-refractivity contribution in [2.24, 2.45) is 16.7 Å². The number of fused-ring (bicyclic) bond motifs is 3. The molecule has 2 aromatic carbocycles. The topological polar surface area (TPSA) is 37.2 Å². The lowest BCUT2D eigenvalue weighted by Crippen LogP contribution is -2.65. The van der Waals surface area contributed by atoms with E-state index < -0.39 is 6.10 Å². The van der Waals surface area contributed by atoms with Crippen LogP contribution in [0.4, 0.5) is 0 Å². The van der Waals surface area contributed by atoms with Crippen LogP contribution in [0, 0.1) is 16.7 Å². The number of benzene rings is 2. The highest BCUT2D eigenvalue weighted by molar-refractivity contribution is 9.10. The van der Waals surface area contributed by atoms with Crippen LogP contribution in [-0.4, -0.2) is 27.9 Å². The fraction of sp³-hybridized carbons (Fsp3) is 0.556. The summed E-state index contributed by atoms with van der Waals surface area (Å²) < 4.78 is 4.45. The summed E-state index contributed by atoms with van der Waals surface area (Å²) in [7, 11) is 0. The predicted octanol–water partition coefficient (Wildman–Crippen LogP) is 7.44. The van der Waals surface area contributed by atoms with Gasteiger partial charge in [0.1, 0.15) is 0 Å². The minimum atomic E-state index is -0.422. The summed E-state index contributed by atoms with van der Waals surface area (Å²) in [6, 6.07) is 12.9. The fourth-order valence-corrected chi connectivity index (χ4v) is 9.22. The molecule has 3 unspecified atom stereocenters. The Balaban J connectivity index is 0.00000228. The van der Waals surface area contributed by atoms with Gasteiger partial charge >= 0.3 is 0 Å². The molecule has 3 nitrogen and oxygen atoms in total. The Bertz CT molecular complexity index is 1150. The summed E-state index contributed by atoms with van der Waals surface area (Å²) in [4.78, 5) is 0. The lowest BCUT2D eigenvalue weighted by molar-refractivity contribution is -0.119. The molecule has 4 saturated carbocycles. The van der Waals surface area contributed by atoms with Gasteiger partial charge in [0.25, 0.3) is 0 Å². The van der Waals surface area contributed by atoms with Crippen molar-refractivity contribution in [1.29, 1.82) is 0 Å². The minimum absolute atomic E-state index is 0. The van der Waals surface area contributed by atoms with Crippen molar-refractivity contribution < 1.29 is 5.11 Å². The Morgan fingerprint density at radius 1 is 0.939 bits per heavy atom. The van der Waals surface area contributed by atoms with E-state index in [1.165, 1.54) is 60.3 Å². The first-order valence-corrected chi connectivity index (χ1v) is 13.5. The van der Waals surface area contributed by atoms with Crippen molar-refractivity contribution in [2.45, 2.75) is 70.6 Å². The van der Waals surface area contributed by atoms with Crippen LogP contribution < -0.4 is 5.32 Å². The zero-order valence-corrected chi connectivity index (χ0v) is 23.3. The van der Waals surface area contributed by atoms with Crippen LogP contribution in [0.5, 0.6) is 0 Å². The van der Waals surface area contributed by atoms with Gasteiger partial charge in [-0.3, -0.25) is 0 Å². The second kappa shape index (κ2) is 8.23. The molecule has 178 valence electrons. The summed E-state index contributed by atoms with van der Waals surface area (Å²) in [5.41, 5.74) is 3.55. The van der Waals surface area contributed by atoms with E-state index in [1.54, 1.807) is 0 Å². The second-order valence-corrected chi connectivity index (χ2v) is 13.7. The molecule has 6 heteroatoms. The molecule has 4 bridgehead atoms. The third-order valence-corrected chi connectivity index (χ3v) is 9.51. The fourth-order valence-electron chi connectivity index (χ4n) is 8.50. The van der Waals surface area contributed by atoms with Crippen molar-refractivity contribution in [1.82, 2.24) is 9.88 Å². The van der Waals surface area contributed by atoms with Gasteiger partial charge in [-0.05, 0) is 91.7 Å². The first kappa shape index (κ1) is 24.1. The van der Waals surface area contributed by atoms with E-state index in [9.17, 15) is 5.11 Å². The van der Waals surface area contributed by atoms with Crippen molar-refractivity contribution in [3.8, 4) is 0 Å². The van der Waals surface area contributed by atoms with E-state index in [4.69, 9.17) is 0 Å². The van der Waals surface area contributed by atoms with Gasteiger partial charge in [0, 0.05) is 42.8 Å². The Morgan fingerprint density at radius 3 is 2.00 bits per heavy atom. The Labute approximate surface area is 219 Å². The molecule has 2 N–H and O–H groups in total. The molecule has 3 aromatic rings. The molecule has 4 aliphatic rings. The Hall–Kier alpha value is -0.590. The SMILES string of the molecule is CC12CC3CC(C)(C1)CC(NCC(O)Cn1c4ccc(Br)cc4c4cc(Br)ccc41)(C3)C2.Cl. The molecule has 0 radical (unpaired) electrons. The number of hydrogen-bond acceptors (Lipinski definition) is 2. The van der Waals surface area contributed by atoms with Crippen LogP contribution in [0.1, 0.15) is 52.4 Å². The summed E-state index contributed by atoms with van der Waals surface area (Å²) in [5.74, 6) is 0.861. The van der Waals surface area contributed by atoms with Crippen LogP contribution in [0.3, 0.4) is 0 Å². The number of aliphatic hydroxyl groups is 1. The summed E-state index contributed by atoms with van der Waals surface area (Å²) in [5, 5.41) is 17.5. The van der Waals surface area contributed by atoms with Gasteiger partial charge in [-0.1, -0.05) is 45.7 Å². The quantitative estimate of drug-likeness (QED) is 0.321. The minimum Gasteiger partial charge on any atom is -0.390 e. The van der Waals surface area contributed by atoms with Crippen LogP contribution in [0.2, 0.25) is 0 Å². The van der Waals surface area contributed by atoms with Crippen LogP contribution in [0.25, 0.3) is 21.8 Å². The van der Waals surface area contributed by atoms with Gasteiger partial charge in [0.15, 0.2) is 0 Å². The molecule has 1 heterocycles. The zero-order chi connectivity index (χ0) is 22.3. The third kappa shape index (κ3) is 4.20. The maximum atomic E-state index is 11.2. The molecule has 4 fully saturated rings. The number of β-amino-alcohol motifs (C(OH)–C–C–N with tert-alkyl or cyclic N) is 1. The highest BCUT2D eigenvalue weighted by Crippen LogP contribution is 2.66. The van der Waals surface area contributed by atoms with Gasteiger partial charge in [-0.2, -0.15) is 0 Å². The van der Waals surface area contributed by atoms with Crippen LogP contribution >= 0.6 is 44.3 Å². The summed E-state index contributed by atoms with van der Waals surface area (Å²) in [6.07, 6.45) is 7.61. The van der Waals surface area contributed by atoms with Crippen molar-refractivity contribution in [3.63, 3.8) is 0 Å². The molecule has 3 atom stereocenters. The molecule has 33 heavy (non-hydrogen) atoms. The highest BCUT2D eigenvalue weighted by Gasteiger charge is 2.59. The van der Waals surface area contributed by atoms with Gasteiger partial charge in [-0.15, -0.1) is 12.4 Å². The number of aromatic nitrogens is 1. The van der Waals surface area contributed by atoms with Crippen molar-refractivity contribution >= 4 is 66.1 Å². The Morgan fingerprint density at radius 2 is 1.48 bits per heavy atom. The zero-order valence-electron chi connectivity index (χ0n) is 19.3. The first-order valence-electron chi connectivity index (χ1n) is 12.0. The molecule has 7 rings (SSSR count). The molecule has 0 spiro atoms. The first-order chi connectivity index (χ1) is 15.1. The van der Waals surface area contributed by atoms with Gasteiger partial charge in [-0.25, -0.2) is 0 Å². The molecular weight excluding hydrogens is 564 g/mol. The van der Waals surface area contributed by atoms with E-state index in [0.29, 0.717) is 23.9 Å². The molecule has 4 aliphatic carbocycles. The van der Waals surface area contributed by atoms with E-state index in [1.807, 2.05) is 0 Å². The molecular formula is C27H33Br2ClN2O. The van der Waals surface area contributed by atoms with Crippen molar-refractivity contribution in [2.75, 3.05) is 6.54 Å². The van der Waals surface area contributed by atoms with E-state index in [-0.39, 0.29) is 17.9 Å². The lowest BCUT2D eigenvalue weighted by Gasteiger charge is -2.65. The van der Waals surface area contributed by atoms with E-state index >= 15 is 0 Å². The maximum Gasteiger partial charge on any atom is 0.0843 e. The smallest absolute Gasteiger partial charge is 0.0843 e. The number of nitrogens with zero attached hydrogens (tertiary/aromatic N) is 1. The monoisotopic (exact) mass is 594 g/mol. The van der Waals surface area contributed by atoms with Gasteiger partial charge in [0.05, 0.1) is 12.6 Å².